The number of sulfonamides is 1. The second kappa shape index (κ2) is 14.8. The van der Waals surface area contributed by atoms with Gasteiger partial charge in [0.25, 0.3) is 12.3 Å². The summed E-state index contributed by atoms with van der Waals surface area (Å²) in [5, 5.41) is 6.16. The molecule has 0 bridgehead atoms. The van der Waals surface area contributed by atoms with E-state index in [2.05, 4.69) is 20.3 Å². The molecule has 2 aromatic rings. The van der Waals surface area contributed by atoms with Crippen LogP contribution in [0.25, 0.3) is 10.9 Å². The molecule has 1 spiro atoms. The number of hydrogen-bond acceptors (Lipinski definition) is 9. The monoisotopic (exact) mass is 783 g/mol. The van der Waals surface area contributed by atoms with E-state index in [-0.39, 0.29) is 44.6 Å². The average Bonchev–Trinajstić information content (AvgIpc) is 3.81. The van der Waals surface area contributed by atoms with Crippen LogP contribution in [0.1, 0.15) is 95.7 Å². The Morgan fingerprint density at radius 2 is 1.91 bits per heavy atom. The highest BCUT2D eigenvalue weighted by Crippen LogP contribution is 2.47. The Balaban J connectivity index is 1.26. The molecular formula is C39H47F2N5O8S. The van der Waals surface area contributed by atoms with Gasteiger partial charge in [0.15, 0.2) is 5.75 Å². The van der Waals surface area contributed by atoms with Crippen LogP contribution in [0.2, 0.25) is 0 Å². The zero-order chi connectivity index (χ0) is 39.2. The first kappa shape index (κ1) is 38.7. The van der Waals surface area contributed by atoms with Gasteiger partial charge in [-0.15, -0.1) is 0 Å². The zero-order valence-electron chi connectivity index (χ0n) is 30.9. The molecule has 55 heavy (non-hydrogen) atoms. The number of aromatic nitrogens is 1. The number of alkyl carbamates (subject to hydrolysis) is 1. The van der Waals surface area contributed by atoms with Gasteiger partial charge in [-0.05, 0) is 64.4 Å². The SMILES string of the molecule is CCCOC(=O)N[C@H]1CCCCC/C=C\[C@@H]2C=C[C@@]2(C(=O)NS(=O)(=O)C2(C)CC2)NC(=O)[C@@H]2C[C@]3(CCc4c(c(C(F)F)nc5ccccc45)O3)CN2C1=O. The lowest BCUT2D eigenvalue weighted by Crippen LogP contribution is -2.67. The number of carbonyl (C=O) groups is 4. The number of amides is 4. The summed E-state index contributed by atoms with van der Waals surface area (Å²) in [7, 11) is -4.09. The maximum Gasteiger partial charge on any atom is 0.407 e. The first-order chi connectivity index (χ1) is 26.2. The number of rotatable bonds is 7. The van der Waals surface area contributed by atoms with Gasteiger partial charge >= 0.3 is 6.09 Å². The molecule has 13 nitrogen and oxygen atoms in total. The van der Waals surface area contributed by atoms with Gasteiger partial charge in [0, 0.05) is 23.3 Å². The average molecular weight is 784 g/mol. The Hall–Kier alpha value is -4.60. The number of pyridine rings is 1. The van der Waals surface area contributed by atoms with E-state index < -0.39 is 79.8 Å². The van der Waals surface area contributed by atoms with E-state index in [1.807, 2.05) is 13.0 Å². The minimum absolute atomic E-state index is 0.0879. The number of ether oxygens (including phenoxy) is 2. The van der Waals surface area contributed by atoms with E-state index >= 15 is 0 Å². The molecule has 2 aliphatic carbocycles. The lowest BCUT2D eigenvalue weighted by Gasteiger charge is -2.42. The quantitative estimate of drug-likeness (QED) is 0.330. The van der Waals surface area contributed by atoms with Gasteiger partial charge in [0.1, 0.15) is 28.9 Å². The van der Waals surface area contributed by atoms with Crippen molar-refractivity contribution >= 4 is 44.7 Å². The maximum atomic E-state index is 14.7. The fourth-order valence-electron chi connectivity index (χ4n) is 8.04. The molecule has 5 aliphatic rings. The van der Waals surface area contributed by atoms with Gasteiger partial charge in [0.05, 0.1) is 23.4 Å². The molecular weight excluding hydrogens is 737 g/mol. The molecule has 1 aromatic carbocycles. The minimum Gasteiger partial charge on any atom is -0.483 e. The number of nitrogens with one attached hydrogen (secondary N) is 3. The number of nitrogens with zero attached hydrogens (tertiary/aromatic N) is 2. The molecule has 0 unspecified atom stereocenters. The van der Waals surface area contributed by atoms with Crippen molar-refractivity contribution < 1.29 is 45.9 Å². The van der Waals surface area contributed by atoms with Gasteiger partial charge in [-0.25, -0.2) is 27.0 Å². The fraction of sp³-hybridized carbons (Fsp3) is 0.564. The Labute approximate surface area is 318 Å². The van der Waals surface area contributed by atoms with Crippen LogP contribution in [-0.4, -0.2) is 83.2 Å². The van der Waals surface area contributed by atoms with Crippen molar-refractivity contribution in [2.24, 2.45) is 5.92 Å². The Bertz CT molecular complexity index is 2060. The van der Waals surface area contributed by atoms with Crippen molar-refractivity contribution in [1.82, 2.24) is 25.2 Å². The first-order valence-corrected chi connectivity index (χ1v) is 20.6. The summed E-state index contributed by atoms with van der Waals surface area (Å²) in [5.41, 5.74) is -2.70. The molecule has 16 heteroatoms. The number of para-hydroxylation sites is 1. The Kier molecular flexibility index (Phi) is 10.4. The van der Waals surface area contributed by atoms with Gasteiger partial charge in [-0.3, -0.25) is 19.1 Å². The lowest BCUT2D eigenvalue weighted by atomic mass is 9.73. The Morgan fingerprint density at radius 1 is 1.13 bits per heavy atom. The van der Waals surface area contributed by atoms with Crippen LogP contribution in [0.15, 0.2) is 48.6 Å². The number of benzene rings is 1. The number of carbonyl (C=O) groups excluding carboxylic acids is 4. The number of allylic oxidation sites excluding steroid dienone is 1. The van der Waals surface area contributed by atoms with Gasteiger partial charge < -0.3 is 25.0 Å². The highest BCUT2D eigenvalue weighted by atomic mass is 32.2. The van der Waals surface area contributed by atoms with Crippen molar-refractivity contribution in [2.45, 2.75) is 119 Å². The van der Waals surface area contributed by atoms with Gasteiger partial charge in [0.2, 0.25) is 21.8 Å². The summed E-state index contributed by atoms with van der Waals surface area (Å²) in [6.07, 6.45) is 7.62. The summed E-state index contributed by atoms with van der Waals surface area (Å²) in [5.74, 6) is -3.07. The molecule has 3 aliphatic heterocycles. The topological polar surface area (TPSA) is 173 Å². The third-order valence-corrected chi connectivity index (χ3v) is 13.8. The molecule has 4 amide bonds. The number of alkyl halides is 2. The summed E-state index contributed by atoms with van der Waals surface area (Å²) in [6.45, 7) is 3.33. The summed E-state index contributed by atoms with van der Waals surface area (Å²) in [6, 6.07) is 4.55. The van der Waals surface area contributed by atoms with E-state index in [1.165, 1.54) is 11.0 Å². The van der Waals surface area contributed by atoms with E-state index in [1.54, 1.807) is 43.3 Å². The number of fused-ring (bicyclic) bond motifs is 5. The molecule has 0 radical (unpaired) electrons. The van der Waals surface area contributed by atoms with Gasteiger partial charge in [-0.2, -0.15) is 0 Å². The van der Waals surface area contributed by atoms with Crippen molar-refractivity contribution in [3.8, 4) is 5.75 Å². The molecule has 7 rings (SSSR count). The summed E-state index contributed by atoms with van der Waals surface area (Å²) in [4.78, 5) is 61.7. The van der Waals surface area contributed by atoms with Gasteiger partial charge in [-0.1, -0.05) is 62.3 Å². The molecule has 3 N–H and O–H groups in total. The van der Waals surface area contributed by atoms with E-state index in [0.29, 0.717) is 55.0 Å². The van der Waals surface area contributed by atoms with Crippen LogP contribution < -0.4 is 20.1 Å². The molecule has 5 atom stereocenters. The molecule has 1 saturated heterocycles. The predicted molar refractivity (Wildman–Crippen MR) is 197 cm³/mol. The van der Waals surface area contributed by atoms with Crippen LogP contribution in [0, 0.1) is 5.92 Å². The first-order valence-electron chi connectivity index (χ1n) is 19.1. The van der Waals surface area contributed by atoms with Crippen molar-refractivity contribution in [2.75, 3.05) is 13.2 Å². The lowest BCUT2D eigenvalue weighted by molar-refractivity contribution is -0.142. The third-order valence-electron chi connectivity index (χ3n) is 11.7. The smallest absolute Gasteiger partial charge is 0.407 e. The fourth-order valence-corrected chi connectivity index (χ4v) is 9.33. The van der Waals surface area contributed by atoms with Crippen molar-refractivity contribution in [3.63, 3.8) is 0 Å². The highest BCUT2D eigenvalue weighted by molar-refractivity contribution is 7.91. The van der Waals surface area contributed by atoms with Crippen molar-refractivity contribution in [1.29, 1.82) is 0 Å². The zero-order valence-corrected chi connectivity index (χ0v) is 31.8. The van der Waals surface area contributed by atoms with E-state index in [9.17, 15) is 36.4 Å². The third kappa shape index (κ3) is 7.29. The largest absolute Gasteiger partial charge is 0.483 e. The standard InChI is InChI=1S/C39H47F2N5O8S/c1-3-21-53-36(50)43-28-14-8-6-4-5-7-11-24-15-18-39(24,35(49)45-55(51,52)37(2)19-20-37)44-33(47)29-22-38(23-46(29)34(28)48)17-16-26-25-12-9-10-13-27(25)42-30(32(40)41)31(26)54-38/h7,9-13,15,18,24,28-29,32H,3-6,8,14,16-17,19-23H2,1-2H3,(H,43,50)(H,44,47)(H,45,49)/b11-7-/t24-,28+,29+,38-,39-/m1/s1. The van der Waals surface area contributed by atoms with Crippen LogP contribution in [-0.2, 0) is 35.6 Å². The number of aryl methyl sites for hydroxylation is 1. The van der Waals surface area contributed by atoms with Crippen LogP contribution in [0.4, 0.5) is 13.6 Å². The number of halogens is 2. The summed E-state index contributed by atoms with van der Waals surface area (Å²) < 4.78 is 68.5. The minimum atomic E-state index is -4.09. The molecule has 4 heterocycles. The predicted octanol–water partition coefficient (Wildman–Crippen LogP) is 4.90. The maximum absolute atomic E-state index is 14.7. The highest BCUT2D eigenvalue weighted by Gasteiger charge is 2.58. The van der Waals surface area contributed by atoms with Crippen molar-refractivity contribution in [3.05, 3.63) is 59.8 Å². The summed E-state index contributed by atoms with van der Waals surface area (Å²) >= 11 is 0. The van der Waals surface area contributed by atoms with Crippen LogP contribution in [0.3, 0.4) is 0 Å². The van der Waals surface area contributed by atoms with Crippen LogP contribution >= 0.6 is 0 Å². The van der Waals surface area contributed by atoms with E-state index in [0.717, 1.165) is 6.42 Å². The Morgan fingerprint density at radius 3 is 2.62 bits per heavy atom. The molecule has 2 fully saturated rings. The van der Waals surface area contributed by atoms with Crippen LogP contribution in [0.5, 0.6) is 5.75 Å². The second-order valence-corrected chi connectivity index (χ2v) is 17.8. The second-order valence-electron chi connectivity index (χ2n) is 15.6. The number of hydrogen-bond donors (Lipinski definition) is 3. The normalized spacial score (nSPS) is 29.4. The molecule has 1 aromatic heterocycles. The molecule has 296 valence electrons. The van der Waals surface area contributed by atoms with E-state index in [4.69, 9.17) is 9.47 Å². The molecule has 1 saturated carbocycles.